The van der Waals surface area contributed by atoms with Crippen molar-refractivity contribution in [2.24, 2.45) is 0 Å². The standard InChI is InChI=1S/C22H20N2O5/c1-12-4-5-15(13(2)25)8-17(12)23-21(26)10-18-14(3)29-22(24-18)16-6-7-19-20(9-16)28-11-27-19/h4-9H,10-11H2,1-3H3,(H,23,26). The zero-order valence-corrected chi connectivity index (χ0v) is 16.4. The van der Waals surface area contributed by atoms with Gasteiger partial charge in [-0.1, -0.05) is 12.1 Å². The number of hydrogen-bond donors (Lipinski definition) is 1. The van der Waals surface area contributed by atoms with Gasteiger partial charge in [0.05, 0.1) is 12.1 Å². The van der Waals surface area contributed by atoms with Gasteiger partial charge in [-0.3, -0.25) is 9.59 Å². The molecule has 0 radical (unpaired) electrons. The van der Waals surface area contributed by atoms with Crippen LogP contribution in [0.25, 0.3) is 11.5 Å². The topological polar surface area (TPSA) is 90.7 Å². The fraction of sp³-hybridized carbons (Fsp3) is 0.227. The summed E-state index contributed by atoms with van der Waals surface area (Å²) in [6, 6.07) is 10.7. The van der Waals surface area contributed by atoms with Gasteiger partial charge < -0.3 is 19.2 Å². The monoisotopic (exact) mass is 392 g/mol. The third-order valence-electron chi connectivity index (χ3n) is 4.76. The minimum Gasteiger partial charge on any atom is -0.454 e. The zero-order chi connectivity index (χ0) is 20.5. The normalized spacial score (nSPS) is 12.1. The summed E-state index contributed by atoms with van der Waals surface area (Å²) in [6.07, 6.45) is 0.0592. The molecule has 1 amide bonds. The van der Waals surface area contributed by atoms with Gasteiger partial charge >= 0.3 is 0 Å². The van der Waals surface area contributed by atoms with Gasteiger partial charge in [0.25, 0.3) is 0 Å². The van der Waals surface area contributed by atoms with Gasteiger partial charge in [-0.15, -0.1) is 0 Å². The van der Waals surface area contributed by atoms with E-state index < -0.39 is 0 Å². The van der Waals surface area contributed by atoms with E-state index in [-0.39, 0.29) is 24.9 Å². The van der Waals surface area contributed by atoms with Crippen LogP contribution in [0.1, 0.15) is 34.3 Å². The van der Waals surface area contributed by atoms with E-state index >= 15 is 0 Å². The van der Waals surface area contributed by atoms with Crippen molar-refractivity contribution in [3.05, 3.63) is 59.0 Å². The molecule has 7 nitrogen and oxygen atoms in total. The van der Waals surface area contributed by atoms with Gasteiger partial charge in [-0.2, -0.15) is 0 Å². The fourth-order valence-electron chi connectivity index (χ4n) is 3.07. The van der Waals surface area contributed by atoms with Gasteiger partial charge in [-0.05, 0) is 50.6 Å². The predicted octanol–water partition coefficient (Wildman–Crippen LogP) is 4.07. The summed E-state index contributed by atoms with van der Waals surface area (Å²) in [7, 11) is 0. The van der Waals surface area contributed by atoms with Crippen molar-refractivity contribution in [3.63, 3.8) is 0 Å². The molecule has 0 unspecified atom stereocenters. The second-order valence-corrected chi connectivity index (χ2v) is 6.90. The van der Waals surface area contributed by atoms with Crippen LogP contribution in [0, 0.1) is 13.8 Å². The van der Waals surface area contributed by atoms with E-state index in [0.29, 0.717) is 40.1 Å². The minimum absolute atomic E-state index is 0.0544. The van der Waals surface area contributed by atoms with Crippen molar-refractivity contribution < 1.29 is 23.5 Å². The molecule has 0 atom stereocenters. The van der Waals surface area contributed by atoms with E-state index in [1.54, 1.807) is 31.2 Å². The lowest BCUT2D eigenvalue weighted by molar-refractivity contribution is -0.115. The third-order valence-corrected chi connectivity index (χ3v) is 4.76. The van der Waals surface area contributed by atoms with Crippen molar-refractivity contribution in [2.75, 3.05) is 12.1 Å². The van der Waals surface area contributed by atoms with Crippen LogP contribution in [0.4, 0.5) is 5.69 Å². The van der Waals surface area contributed by atoms with Crippen LogP contribution in [0.15, 0.2) is 40.8 Å². The summed E-state index contributed by atoms with van der Waals surface area (Å²) in [4.78, 5) is 28.6. The van der Waals surface area contributed by atoms with E-state index in [1.165, 1.54) is 6.92 Å². The highest BCUT2D eigenvalue weighted by molar-refractivity contribution is 5.98. The van der Waals surface area contributed by atoms with Crippen LogP contribution >= 0.6 is 0 Å². The molecule has 2 heterocycles. The maximum Gasteiger partial charge on any atom is 0.231 e. The van der Waals surface area contributed by atoms with E-state index in [0.717, 1.165) is 11.1 Å². The number of ether oxygens (including phenoxy) is 2. The Morgan fingerprint density at radius 2 is 1.86 bits per heavy atom. The summed E-state index contributed by atoms with van der Waals surface area (Å²) < 4.78 is 16.5. The number of carbonyl (C=O) groups excluding carboxylic acids is 2. The van der Waals surface area contributed by atoms with Gasteiger partial charge in [0, 0.05) is 16.8 Å². The maximum atomic E-state index is 12.6. The van der Waals surface area contributed by atoms with Gasteiger partial charge in [-0.25, -0.2) is 4.98 Å². The van der Waals surface area contributed by atoms with Crippen molar-refractivity contribution in [1.29, 1.82) is 0 Å². The largest absolute Gasteiger partial charge is 0.454 e. The summed E-state index contributed by atoms with van der Waals surface area (Å²) in [5.74, 6) is 2.02. The molecule has 0 bridgehead atoms. The number of ketones is 1. The molecule has 148 valence electrons. The van der Waals surface area contributed by atoms with Crippen molar-refractivity contribution in [2.45, 2.75) is 27.2 Å². The molecule has 7 heteroatoms. The number of hydrogen-bond acceptors (Lipinski definition) is 6. The van der Waals surface area contributed by atoms with E-state index in [4.69, 9.17) is 13.9 Å². The number of benzene rings is 2. The number of rotatable bonds is 5. The summed E-state index contributed by atoms with van der Waals surface area (Å²) >= 11 is 0. The average Bonchev–Trinajstić information content (AvgIpc) is 3.29. The van der Waals surface area contributed by atoms with Crippen molar-refractivity contribution in [3.8, 4) is 23.0 Å². The number of aryl methyl sites for hydroxylation is 2. The number of nitrogens with zero attached hydrogens (tertiary/aromatic N) is 1. The van der Waals surface area contributed by atoms with Crippen LogP contribution in [-0.4, -0.2) is 23.5 Å². The van der Waals surface area contributed by atoms with Crippen LogP contribution in [-0.2, 0) is 11.2 Å². The smallest absolute Gasteiger partial charge is 0.231 e. The second-order valence-electron chi connectivity index (χ2n) is 6.90. The summed E-state index contributed by atoms with van der Waals surface area (Å²) in [5.41, 5.74) is 3.33. The first-order valence-electron chi connectivity index (χ1n) is 9.18. The molecule has 2 aromatic carbocycles. The Hall–Kier alpha value is -3.61. The van der Waals surface area contributed by atoms with Crippen LogP contribution in [0.2, 0.25) is 0 Å². The molecule has 3 aromatic rings. The Kier molecular flexibility index (Phi) is 4.80. The fourth-order valence-corrected chi connectivity index (χ4v) is 3.07. The Labute approximate surface area is 167 Å². The lowest BCUT2D eigenvalue weighted by Crippen LogP contribution is -2.16. The average molecular weight is 392 g/mol. The van der Waals surface area contributed by atoms with Crippen molar-refractivity contribution in [1.82, 2.24) is 4.98 Å². The molecule has 1 N–H and O–H groups in total. The first-order chi connectivity index (χ1) is 13.9. The lowest BCUT2D eigenvalue weighted by Gasteiger charge is -2.09. The Bertz CT molecular complexity index is 1120. The van der Waals surface area contributed by atoms with Crippen molar-refractivity contribution >= 4 is 17.4 Å². The minimum atomic E-state index is -0.234. The number of Topliss-reactive ketones (excluding diaryl/α,β-unsaturated/α-hetero) is 1. The van der Waals surface area contributed by atoms with Gasteiger partial charge in [0.2, 0.25) is 18.6 Å². The molecule has 29 heavy (non-hydrogen) atoms. The summed E-state index contributed by atoms with van der Waals surface area (Å²) in [5, 5.41) is 2.85. The van der Waals surface area contributed by atoms with Crippen LogP contribution in [0.5, 0.6) is 11.5 Å². The van der Waals surface area contributed by atoms with E-state index in [2.05, 4.69) is 10.3 Å². The van der Waals surface area contributed by atoms with Crippen LogP contribution < -0.4 is 14.8 Å². The quantitative estimate of drug-likeness (QED) is 0.658. The number of fused-ring (bicyclic) bond motifs is 1. The number of nitrogens with one attached hydrogen (secondary N) is 1. The van der Waals surface area contributed by atoms with Gasteiger partial charge in [0.1, 0.15) is 5.76 Å². The highest BCUT2D eigenvalue weighted by Crippen LogP contribution is 2.36. The molecule has 0 saturated heterocycles. The number of aromatic nitrogens is 1. The highest BCUT2D eigenvalue weighted by Gasteiger charge is 2.19. The molecule has 0 aliphatic carbocycles. The number of amides is 1. The Balaban J connectivity index is 1.51. The molecule has 1 aromatic heterocycles. The first-order valence-corrected chi connectivity index (χ1v) is 9.18. The first kappa shape index (κ1) is 18.7. The Morgan fingerprint density at radius 3 is 2.66 bits per heavy atom. The summed E-state index contributed by atoms with van der Waals surface area (Å²) in [6.45, 7) is 5.33. The molecular weight excluding hydrogens is 372 g/mol. The van der Waals surface area contributed by atoms with E-state index in [1.807, 2.05) is 19.1 Å². The number of carbonyl (C=O) groups is 2. The number of anilines is 1. The maximum absolute atomic E-state index is 12.6. The highest BCUT2D eigenvalue weighted by atomic mass is 16.7. The molecule has 1 aliphatic heterocycles. The molecular formula is C22H20N2O5. The second kappa shape index (κ2) is 7.43. The zero-order valence-electron chi connectivity index (χ0n) is 16.4. The lowest BCUT2D eigenvalue weighted by atomic mass is 10.1. The SMILES string of the molecule is CC(=O)c1ccc(C)c(NC(=O)Cc2nc(-c3ccc4c(c3)OCO4)oc2C)c1. The molecule has 1 aliphatic rings. The Morgan fingerprint density at radius 1 is 1.07 bits per heavy atom. The molecule has 0 spiro atoms. The molecule has 4 rings (SSSR count). The molecule has 0 saturated carbocycles. The number of oxazole rings is 1. The third kappa shape index (κ3) is 3.85. The predicted molar refractivity (Wildman–Crippen MR) is 106 cm³/mol. The van der Waals surface area contributed by atoms with Crippen LogP contribution in [0.3, 0.4) is 0 Å². The van der Waals surface area contributed by atoms with E-state index in [9.17, 15) is 9.59 Å². The molecule has 0 fully saturated rings. The van der Waals surface area contributed by atoms with Gasteiger partial charge in [0.15, 0.2) is 17.3 Å².